The molecular weight excluding hydrogens is 210 g/mol. The fourth-order valence-corrected chi connectivity index (χ4v) is 1.75. The van der Waals surface area contributed by atoms with Crippen molar-refractivity contribution in [1.82, 2.24) is 14.9 Å². The van der Waals surface area contributed by atoms with Gasteiger partial charge in [0.05, 0.1) is 11.4 Å². The molecule has 0 saturated heterocycles. The molecule has 0 amide bonds. The summed E-state index contributed by atoms with van der Waals surface area (Å²) in [6.07, 6.45) is 3.67. The highest BCUT2D eigenvalue weighted by Gasteiger charge is 2.03. The molecule has 0 saturated carbocycles. The van der Waals surface area contributed by atoms with Crippen LogP contribution in [0.5, 0.6) is 0 Å². The number of pyridine rings is 2. The molecule has 3 nitrogen and oxygen atoms in total. The van der Waals surface area contributed by atoms with Crippen molar-refractivity contribution in [1.29, 1.82) is 0 Å². The molecule has 0 aliphatic rings. The largest absolute Gasteiger partial charge is 0.305 e. The highest BCUT2D eigenvalue weighted by Crippen LogP contribution is 2.16. The zero-order chi connectivity index (χ0) is 12.3. The Morgan fingerprint density at radius 2 is 1.65 bits per heavy atom. The predicted molar refractivity (Wildman–Crippen MR) is 69.6 cm³/mol. The number of aromatic nitrogens is 2. The lowest BCUT2D eigenvalue weighted by molar-refractivity contribution is 0.402. The topological polar surface area (TPSA) is 29.0 Å². The molecule has 2 aromatic rings. The smallest absolute Gasteiger partial charge is 0.0889 e. The van der Waals surface area contributed by atoms with E-state index in [1.807, 2.05) is 24.5 Å². The maximum atomic E-state index is 4.38. The second-order valence-corrected chi connectivity index (χ2v) is 4.51. The van der Waals surface area contributed by atoms with Gasteiger partial charge in [0.25, 0.3) is 0 Å². The van der Waals surface area contributed by atoms with Crippen LogP contribution in [0.2, 0.25) is 0 Å². The first kappa shape index (κ1) is 11.7. The Bertz CT molecular complexity index is 506. The molecule has 2 aromatic heterocycles. The van der Waals surface area contributed by atoms with Crippen molar-refractivity contribution in [3.05, 3.63) is 47.8 Å². The van der Waals surface area contributed by atoms with Gasteiger partial charge >= 0.3 is 0 Å². The average molecular weight is 227 g/mol. The zero-order valence-corrected chi connectivity index (χ0v) is 10.5. The average Bonchev–Trinajstić information content (AvgIpc) is 2.28. The summed E-state index contributed by atoms with van der Waals surface area (Å²) in [5.74, 6) is 0. The van der Waals surface area contributed by atoms with Crippen molar-refractivity contribution in [2.45, 2.75) is 13.5 Å². The molecule has 0 unspecified atom stereocenters. The molecule has 0 bridgehead atoms. The number of aryl methyl sites for hydroxylation is 1. The summed E-state index contributed by atoms with van der Waals surface area (Å²) in [5.41, 5.74) is 4.33. The lowest BCUT2D eigenvalue weighted by Crippen LogP contribution is -2.10. The summed E-state index contributed by atoms with van der Waals surface area (Å²) in [6.45, 7) is 2.98. The lowest BCUT2D eigenvalue weighted by Gasteiger charge is -2.10. The lowest BCUT2D eigenvalue weighted by atomic mass is 10.1. The van der Waals surface area contributed by atoms with Crippen LogP contribution in [-0.4, -0.2) is 29.0 Å². The first-order valence-electron chi connectivity index (χ1n) is 5.68. The molecule has 0 spiro atoms. The zero-order valence-electron chi connectivity index (χ0n) is 10.5. The van der Waals surface area contributed by atoms with Gasteiger partial charge in [-0.15, -0.1) is 0 Å². The van der Waals surface area contributed by atoms with Crippen molar-refractivity contribution in [2.75, 3.05) is 14.1 Å². The van der Waals surface area contributed by atoms with E-state index in [1.54, 1.807) is 0 Å². The molecule has 2 rings (SSSR count). The van der Waals surface area contributed by atoms with Gasteiger partial charge in [-0.2, -0.15) is 0 Å². The van der Waals surface area contributed by atoms with E-state index in [-0.39, 0.29) is 0 Å². The van der Waals surface area contributed by atoms with Crippen LogP contribution in [-0.2, 0) is 6.54 Å². The molecule has 0 atom stereocenters. The van der Waals surface area contributed by atoms with E-state index >= 15 is 0 Å². The van der Waals surface area contributed by atoms with Gasteiger partial charge in [0.15, 0.2) is 0 Å². The van der Waals surface area contributed by atoms with E-state index in [1.165, 1.54) is 11.1 Å². The standard InChI is InChI=1S/C14H17N3/c1-11-4-6-15-13(8-11)14-9-12(5-7-16-14)10-17(2)3/h4-9H,10H2,1-3H3. The van der Waals surface area contributed by atoms with Crippen LogP contribution in [0.25, 0.3) is 11.4 Å². The number of hydrogen-bond acceptors (Lipinski definition) is 3. The maximum absolute atomic E-state index is 4.38. The van der Waals surface area contributed by atoms with Crippen molar-refractivity contribution >= 4 is 0 Å². The van der Waals surface area contributed by atoms with Crippen LogP contribution in [0.1, 0.15) is 11.1 Å². The molecule has 0 N–H and O–H groups in total. The van der Waals surface area contributed by atoms with Crippen LogP contribution >= 0.6 is 0 Å². The molecular formula is C14H17N3. The Kier molecular flexibility index (Phi) is 3.49. The maximum Gasteiger partial charge on any atom is 0.0889 e. The van der Waals surface area contributed by atoms with Gasteiger partial charge in [-0.1, -0.05) is 0 Å². The van der Waals surface area contributed by atoms with Gasteiger partial charge in [0.1, 0.15) is 0 Å². The number of hydrogen-bond donors (Lipinski definition) is 0. The molecule has 0 aromatic carbocycles. The quantitative estimate of drug-likeness (QED) is 0.806. The fourth-order valence-electron chi connectivity index (χ4n) is 1.75. The normalized spacial score (nSPS) is 10.8. The Morgan fingerprint density at radius 1 is 1.00 bits per heavy atom. The van der Waals surface area contributed by atoms with Gasteiger partial charge in [-0.05, 0) is 56.4 Å². The van der Waals surface area contributed by atoms with E-state index < -0.39 is 0 Å². The molecule has 0 radical (unpaired) electrons. The monoisotopic (exact) mass is 227 g/mol. The summed E-state index contributed by atoms with van der Waals surface area (Å²) in [6, 6.07) is 8.19. The van der Waals surface area contributed by atoms with Gasteiger partial charge in [0.2, 0.25) is 0 Å². The first-order chi connectivity index (χ1) is 8.15. The molecule has 17 heavy (non-hydrogen) atoms. The molecule has 88 valence electrons. The summed E-state index contributed by atoms with van der Waals surface area (Å²) in [4.78, 5) is 10.9. The Hall–Kier alpha value is -1.74. The van der Waals surface area contributed by atoms with Crippen LogP contribution in [0.4, 0.5) is 0 Å². The van der Waals surface area contributed by atoms with Gasteiger partial charge < -0.3 is 4.90 Å². The molecule has 0 aliphatic heterocycles. The molecule has 3 heteroatoms. The third-order valence-electron chi connectivity index (χ3n) is 2.50. The summed E-state index contributed by atoms with van der Waals surface area (Å²) < 4.78 is 0. The van der Waals surface area contributed by atoms with Gasteiger partial charge in [-0.25, -0.2) is 0 Å². The molecule has 0 aliphatic carbocycles. The second kappa shape index (κ2) is 5.06. The van der Waals surface area contributed by atoms with Crippen LogP contribution in [0.3, 0.4) is 0 Å². The Labute approximate surface area is 102 Å². The minimum atomic E-state index is 0.918. The van der Waals surface area contributed by atoms with Crippen molar-refractivity contribution in [3.63, 3.8) is 0 Å². The first-order valence-corrected chi connectivity index (χ1v) is 5.68. The van der Waals surface area contributed by atoms with Crippen LogP contribution in [0, 0.1) is 6.92 Å². The fraction of sp³-hybridized carbons (Fsp3) is 0.286. The minimum absolute atomic E-state index is 0.918. The van der Waals surface area contributed by atoms with E-state index in [4.69, 9.17) is 0 Å². The summed E-state index contributed by atoms with van der Waals surface area (Å²) in [7, 11) is 4.12. The molecule has 0 fully saturated rings. The van der Waals surface area contributed by atoms with E-state index in [9.17, 15) is 0 Å². The van der Waals surface area contributed by atoms with Gasteiger partial charge in [0, 0.05) is 18.9 Å². The summed E-state index contributed by atoms with van der Waals surface area (Å²) in [5, 5.41) is 0. The van der Waals surface area contributed by atoms with Gasteiger partial charge in [-0.3, -0.25) is 9.97 Å². The van der Waals surface area contributed by atoms with E-state index in [2.05, 4.69) is 48.0 Å². The van der Waals surface area contributed by atoms with Crippen molar-refractivity contribution in [2.24, 2.45) is 0 Å². The Morgan fingerprint density at radius 3 is 2.29 bits per heavy atom. The third kappa shape index (κ3) is 3.11. The Balaban J connectivity index is 2.33. The number of rotatable bonds is 3. The minimum Gasteiger partial charge on any atom is -0.305 e. The number of nitrogens with zero attached hydrogens (tertiary/aromatic N) is 3. The van der Waals surface area contributed by atoms with Crippen LogP contribution in [0.15, 0.2) is 36.7 Å². The molecule has 2 heterocycles. The third-order valence-corrected chi connectivity index (χ3v) is 2.50. The summed E-state index contributed by atoms with van der Waals surface area (Å²) >= 11 is 0. The predicted octanol–water partition coefficient (Wildman–Crippen LogP) is 2.51. The van der Waals surface area contributed by atoms with E-state index in [0.29, 0.717) is 0 Å². The second-order valence-electron chi connectivity index (χ2n) is 4.51. The van der Waals surface area contributed by atoms with Crippen LogP contribution < -0.4 is 0 Å². The SMILES string of the molecule is Cc1ccnc(-c2cc(CN(C)C)ccn2)c1. The highest BCUT2D eigenvalue weighted by atomic mass is 15.0. The highest BCUT2D eigenvalue weighted by molar-refractivity contribution is 5.55. The van der Waals surface area contributed by atoms with Crippen molar-refractivity contribution in [3.8, 4) is 11.4 Å². The van der Waals surface area contributed by atoms with E-state index in [0.717, 1.165) is 17.9 Å². The van der Waals surface area contributed by atoms with Crippen molar-refractivity contribution < 1.29 is 0 Å².